The Bertz CT molecular complexity index is 289. The van der Waals surface area contributed by atoms with E-state index in [4.69, 9.17) is 0 Å². The maximum Gasteiger partial charge on any atom is 0.0951 e. The summed E-state index contributed by atoms with van der Waals surface area (Å²) in [5, 5.41) is 3.52. The SMILES string of the molecule is CC(C)C(C)NCc1cncn1C(C)C. The highest BCUT2D eigenvalue weighted by atomic mass is 15.1. The largest absolute Gasteiger partial charge is 0.331 e. The Labute approximate surface area is 92.9 Å². The predicted molar refractivity (Wildman–Crippen MR) is 63.8 cm³/mol. The first-order chi connectivity index (χ1) is 7.02. The molecule has 0 amide bonds. The lowest BCUT2D eigenvalue weighted by molar-refractivity contribution is 0.416. The molecule has 1 atom stereocenters. The van der Waals surface area contributed by atoms with E-state index in [-0.39, 0.29) is 0 Å². The quantitative estimate of drug-likeness (QED) is 0.808. The van der Waals surface area contributed by atoms with E-state index in [1.54, 1.807) is 0 Å². The number of hydrogen-bond acceptors (Lipinski definition) is 2. The van der Waals surface area contributed by atoms with Gasteiger partial charge in [-0.25, -0.2) is 4.98 Å². The highest BCUT2D eigenvalue weighted by Crippen LogP contribution is 2.09. The topological polar surface area (TPSA) is 29.9 Å². The number of aromatic nitrogens is 2. The summed E-state index contributed by atoms with van der Waals surface area (Å²) in [6.07, 6.45) is 3.85. The van der Waals surface area contributed by atoms with Crippen LogP contribution in [0.2, 0.25) is 0 Å². The van der Waals surface area contributed by atoms with Crippen molar-refractivity contribution in [1.29, 1.82) is 0 Å². The highest BCUT2D eigenvalue weighted by molar-refractivity contribution is 4.99. The van der Waals surface area contributed by atoms with Crippen LogP contribution in [-0.4, -0.2) is 15.6 Å². The number of nitrogens with one attached hydrogen (secondary N) is 1. The normalized spacial score (nSPS) is 13.8. The molecule has 1 heterocycles. The maximum atomic E-state index is 4.19. The van der Waals surface area contributed by atoms with Gasteiger partial charge in [-0.05, 0) is 26.7 Å². The lowest BCUT2D eigenvalue weighted by Crippen LogP contribution is -2.31. The van der Waals surface area contributed by atoms with Crippen LogP contribution in [0.25, 0.3) is 0 Å². The van der Waals surface area contributed by atoms with Crippen molar-refractivity contribution in [2.24, 2.45) is 5.92 Å². The van der Waals surface area contributed by atoms with Crippen LogP contribution in [-0.2, 0) is 6.54 Å². The molecule has 1 rings (SSSR count). The van der Waals surface area contributed by atoms with Gasteiger partial charge in [0.05, 0.1) is 12.0 Å². The van der Waals surface area contributed by atoms with Crippen molar-refractivity contribution in [2.75, 3.05) is 0 Å². The lowest BCUT2D eigenvalue weighted by atomic mass is 10.1. The molecule has 1 aromatic rings. The average Bonchev–Trinajstić information content (AvgIpc) is 2.61. The van der Waals surface area contributed by atoms with Crippen molar-refractivity contribution in [1.82, 2.24) is 14.9 Å². The van der Waals surface area contributed by atoms with E-state index >= 15 is 0 Å². The van der Waals surface area contributed by atoms with Crippen molar-refractivity contribution >= 4 is 0 Å². The summed E-state index contributed by atoms with van der Waals surface area (Å²) < 4.78 is 2.21. The Morgan fingerprint density at radius 3 is 2.47 bits per heavy atom. The molecule has 0 saturated heterocycles. The van der Waals surface area contributed by atoms with Crippen molar-refractivity contribution in [2.45, 2.75) is 53.2 Å². The minimum absolute atomic E-state index is 0.485. The van der Waals surface area contributed by atoms with Crippen LogP contribution in [0.15, 0.2) is 12.5 Å². The van der Waals surface area contributed by atoms with Gasteiger partial charge in [-0.1, -0.05) is 13.8 Å². The third-order valence-electron chi connectivity index (χ3n) is 2.91. The molecule has 0 aromatic carbocycles. The first kappa shape index (κ1) is 12.2. The Morgan fingerprint density at radius 1 is 1.27 bits per heavy atom. The van der Waals surface area contributed by atoms with Crippen LogP contribution in [0.3, 0.4) is 0 Å². The molecule has 0 spiro atoms. The Kier molecular flexibility index (Phi) is 4.33. The van der Waals surface area contributed by atoms with Crippen LogP contribution in [0.1, 0.15) is 46.4 Å². The summed E-state index contributed by atoms with van der Waals surface area (Å²) in [4.78, 5) is 4.19. The number of rotatable bonds is 5. The van der Waals surface area contributed by atoms with Gasteiger partial charge in [0.1, 0.15) is 0 Å². The average molecular weight is 209 g/mol. The molecule has 0 aliphatic carbocycles. The van der Waals surface area contributed by atoms with Gasteiger partial charge in [0, 0.05) is 24.8 Å². The summed E-state index contributed by atoms with van der Waals surface area (Å²) in [7, 11) is 0. The zero-order chi connectivity index (χ0) is 11.4. The number of hydrogen-bond donors (Lipinski definition) is 1. The van der Waals surface area contributed by atoms with Crippen LogP contribution in [0.4, 0.5) is 0 Å². The summed E-state index contributed by atoms with van der Waals surface area (Å²) >= 11 is 0. The van der Waals surface area contributed by atoms with E-state index in [0.29, 0.717) is 18.0 Å². The fraction of sp³-hybridized carbons (Fsp3) is 0.750. The molecule has 0 saturated carbocycles. The summed E-state index contributed by atoms with van der Waals surface area (Å²) in [6, 6.07) is 1.03. The van der Waals surface area contributed by atoms with Crippen LogP contribution < -0.4 is 5.32 Å². The molecular weight excluding hydrogens is 186 g/mol. The van der Waals surface area contributed by atoms with Gasteiger partial charge in [0.25, 0.3) is 0 Å². The van der Waals surface area contributed by atoms with Crippen molar-refractivity contribution < 1.29 is 0 Å². The lowest BCUT2D eigenvalue weighted by Gasteiger charge is -2.18. The van der Waals surface area contributed by atoms with Crippen molar-refractivity contribution in [3.05, 3.63) is 18.2 Å². The summed E-state index contributed by atoms with van der Waals surface area (Å²) in [5.41, 5.74) is 1.26. The second-order valence-corrected chi connectivity index (χ2v) is 4.80. The molecular formula is C12H23N3. The molecule has 0 bridgehead atoms. The standard InChI is InChI=1S/C12H23N3/c1-9(2)11(5)14-7-12-6-13-8-15(12)10(3)4/h6,8-11,14H,7H2,1-5H3. The molecule has 86 valence electrons. The van der Waals surface area contributed by atoms with Crippen LogP contribution in [0, 0.1) is 5.92 Å². The molecule has 1 unspecified atom stereocenters. The second-order valence-electron chi connectivity index (χ2n) is 4.80. The highest BCUT2D eigenvalue weighted by Gasteiger charge is 2.09. The van der Waals surface area contributed by atoms with Gasteiger partial charge >= 0.3 is 0 Å². The van der Waals surface area contributed by atoms with Crippen molar-refractivity contribution in [3.63, 3.8) is 0 Å². The second kappa shape index (κ2) is 5.31. The van der Waals surface area contributed by atoms with Crippen molar-refractivity contribution in [3.8, 4) is 0 Å². The third-order valence-corrected chi connectivity index (χ3v) is 2.91. The first-order valence-corrected chi connectivity index (χ1v) is 5.76. The monoisotopic (exact) mass is 209 g/mol. The Morgan fingerprint density at radius 2 is 1.93 bits per heavy atom. The Hall–Kier alpha value is -0.830. The van der Waals surface area contributed by atoms with Gasteiger partial charge in [0.2, 0.25) is 0 Å². The van der Waals surface area contributed by atoms with E-state index in [0.717, 1.165) is 6.54 Å². The maximum absolute atomic E-state index is 4.19. The zero-order valence-corrected chi connectivity index (χ0v) is 10.5. The molecule has 3 nitrogen and oxygen atoms in total. The van der Waals surface area contributed by atoms with E-state index in [1.165, 1.54) is 5.69 Å². The minimum atomic E-state index is 0.485. The van der Waals surface area contributed by atoms with Gasteiger partial charge in [0.15, 0.2) is 0 Å². The molecule has 0 fully saturated rings. The molecule has 0 radical (unpaired) electrons. The van der Waals surface area contributed by atoms with Gasteiger partial charge < -0.3 is 9.88 Å². The first-order valence-electron chi connectivity index (χ1n) is 5.76. The predicted octanol–water partition coefficient (Wildman–Crippen LogP) is 2.60. The van der Waals surface area contributed by atoms with E-state index < -0.39 is 0 Å². The molecule has 1 aromatic heterocycles. The van der Waals surface area contributed by atoms with E-state index in [9.17, 15) is 0 Å². The van der Waals surface area contributed by atoms with Gasteiger partial charge in [-0.2, -0.15) is 0 Å². The smallest absolute Gasteiger partial charge is 0.0951 e. The summed E-state index contributed by atoms with van der Waals surface area (Å²) in [5.74, 6) is 0.667. The molecule has 0 aliphatic rings. The fourth-order valence-corrected chi connectivity index (χ4v) is 1.44. The fourth-order valence-electron chi connectivity index (χ4n) is 1.44. The van der Waals surface area contributed by atoms with E-state index in [2.05, 4.69) is 49.5 Å². The summed E-state index contributed by atoms with van der Waals surface area (Å²) in [6.45, 7) is 11.9. The number of imidazole rings is 1. The number of nitrogens with zero attached hydrogens (tertiary/aromatic N) is 2. The van der Waals surface area contributed by atoms with Gasteiger partial charge in [-0.15, -0.1) is 0 Å². The molecule has 1 N–H and O–H groups in total. The molecule has 0 aliphatic heterocycles. The Balaban J connectivity index is 2.54. The minimum Gasteiger partial charge on any atom is -0.331 e. The van der Waals surface area contributed by atoms with Gasteiger partial charge in [-0.3, -0.25) is 0 Å². The zero-order valence-electron chi connectivity index (χ0n) is 10.5. The third kappa shape index (κ3) is 3.34. The van der Waals surface area contributed by atoms with Crippen LogP contribution in [0.5, 0.6) is 0 Å². The van der Waals surface area contributed by atoms with Crippen LogP contribution >= 0.6 is 0 Å². The molecule has 15 heavy (non-hydrogen) atoms. The molecule has 3 heteroatoms. The van der Waals surface area contributed by atoms with E-state index in [1.807, 2.05) is 12.5 Å².